The Balaban J connectivity index is 1.56. The van der Waals surface area contributed by atoms with Gasteiger partial charge in [-0.2, -0.15) is 0 Å². The molecule has 4 heteroatoms. The standard InChI is InChI=1S/C20H15N3O/c1-2-14-6-5-7-15(10-14)20(24)22-12-19-17-9-4-3-8-16(17)18-11-21-13-23(18)19/h1,3-11,13,19H,12H2,(H,22,24)/t19-/m1/s1. The molecule has 0 spiro atoms. The smallest absolute Gasteiger partial charge is 0.251 e. The van der Waals surface area contributed by atoms with Crippen molar-refractivity contribution in [1.29, 1.82) is 0 Å². The van der Waals surface area contributed by atoms with Gasteiger partial charge in [0.15, 0.2) is 0 Å². The molecule has 1 aromatic heterocycles. The Kier molecular flexibility index (Phi) is 3.40. The highest BCUT2D eigenvalue weighted by molar-refractivity contribution is 5.94. The van der Waals surface area contributed by atoms with Crippen molar-refractivity contribution in [2.45, 2.75) is 6.04 Å². The monoisotopic (exact) mass is 313 g/mol. The second kappa shape index (κ2) is 5.71. The van der Waals surface area contributed by atoms with Crippen LogP contribution in [-0.4, -0.2) is 22.0 Å². The fourth-order valence-corrected chi connectivity index (χ4v) is 3.18. The van der Waals surface area contributed by atoms with Crippen molar-refractivity contribution in [2.75, 3.05) is 6.54 Å². The first-order valence-corrected chi connectivity index (χ1v) is 7.74. The van der Waals surface area contributed by atoms with Crippen molar-refractivity contribution < 1.29 is 4.79 Å². The Morgan fingerprint density at radius 2 is 2.12 bits per heavy atom. The molecule has 2 aromatic carbocycles. The molecule has 1 atom stereocenters. The highest BCUT2D eigenvalue weighted by Crippen LogP contribution is 2.38. The van der Waals surface area contributed by atoms with E-state index in [0.717, 1.165) is 5.69 Å². The summed E-state index contributed by atoms with van der Waals surface area (Å²) in [5.74, 6) is 2.42. The fourth-order valence-electron chi connectivity index (χ4n) is 3.18. The third kappa shape index (κ3) is 2.27. The van der Waals surface area contributed by atoms with E-state index in [4.69, 9.17) is 6.42 Å². The number of rotatable bonds is 3. The maximum Gasteiger partial charge on any atom is 0.251 e. The molecular formula is C20H15N3O. The summed E-state index contributed by atoms with van der Waals surface area (Å²) in [6.07, 6.45) is 9.06. The molecule has 1 N–H and O–H groups in total. The average Bonchev–Trinajstić information content (AvgIpc) is 3.21. The Morgan fingerprint density at radius 3 is 3.00 bits per heavy atom. The van der Waals surface area contributed by atoms with Crippen molar-refractivity contribution >= 4 is 5.91 Å². The van der Waals surface area contributed by atoms with Crippen LogP contribution >= 0.6 is 0 Å². The van der Waals surface area contributed by atoms with Gasteiger partial charge in [-0.15, -0.1) is 6.42 Å². The average molecular weight is 313 g/mol. The van der Waals surface area contributed by atoms with E-state index >= 15 is 0 Å². The molecule has 1 aliphatic rings. The van der Waals surface area contributed by atoms with Crippen LogP contribution in [0.15, 0.2) is 61.1 Å². The van der Waals surface area contributed by atoms with E-state index in [9.17, 15) is 4.79 Å². The first kappa shape index (κ1) is 14.3. The topological polar surface area (TPSA) is 46.9 Å². The summed E-state index contributed by atoms with van der Waals surface area (Å²) in [4.78, 5) is 16.7. The molecule has 116 valence electrons. The van der Waals surface area contributed by atoms with Crippen LogP contribution < -0.4 is 5.32 Å². The lowest BCUT2D eigenvalue weighted by Crippen LogP contribution is -2.30. The van der Waals surface area contributed by atoms with Gasteiger partial charge >= 0.3 is 0 Å². The van der Waals surface area contributed by atoms with E-state index in [-0.39, 0.29) is 11.9 Å². The van der Waals surface area contributed by atoms with Gasteiger partial charge in [-0.25, -0.2) is 4.98 Å². The number of imidazole rings is 1. The quantitative estimate of drug-likeness (QED) is 0.756. The molecule has 4 rings (SSSR count). The van der Waals surface area contributed by atoms with E-state index in [1.807, 2.05) is 30.7 Å². The third-order valence-electron chi connectivity index (χ3n) is 4.34. The summed E-state index contributed by atoms with van der Waals surface area (Å²) < 4.78 is 2.10. The summed E-state index contributed by atoms with van der Waals surface area (Å²) in [5, 5.41) is 3.01. The summed E-state index contributed by atoms with van der Waals surface area (Å²) in [6, 6.07) is 15.4. The van der Waals surface area contributed by atoms with E-state index in [1.54, 1.807) is 18.2 Å². The fraction of sp³-hybridized carbons (Fsp3) is 0.100. The molecule has 2 heterocycles. The Hall–Kier alpha value is -3.32. The summed E-state index contributed by atoms with van der Waals surface area (Å²) in [7, 11) is 0. The Morgan fingerprint density at radius 1 is 1.25 bits per heavy atom. The van der Waals surface area contributed by atoms with Gasteiger partial charge in [0.2, 0.25) is 0 Å². The molecule has 1 amide bonds. The predicted molar refractivity (Wildman–Crippen MR) is 92.5 cm³/mol. The summed E-state index contributed by atoms with van der Waals surface area (Å²) in [6.45, 7) is 0.499. The number of benzene rings is 2. The van der Waals surface area contributed by atoms with Crippen molar-refractivity contribution in [3.05, 3.63) is 77.7 Å². The largest absolute Gasteiger partial charge is 0.350 e. The molecule has 3 aromatic rings. The second-order valence-corrected chi connectivity index (χ2v) is 5.72. The molecule has 24 heavy (non-hydrogen) atoms. The number of hydrogen-bond donors (Lipinski definition) is 1. The van der Waals surface area contributed by atoms with Crippen molar-refractivity contribution in [3.8, 4) is 23.6 Å². The van der Waals surface area contributed by atoms with Gasteiger partial charge in [-0.1, -0.05) is 36.3 Å². The van der Waals surface area contributed by atoms with Crippen LogP contribution in [0.3, 0.4) is 0 Å². The minimum atomic E-state index is -0.127. The number of terminal acetylenes is 1. The lowest BCUT2D eigenvalue weighted by molar-refractivity contribution is 0.0950. The van der Waals surface area contributed by atoms with E-state index in [1.165, 1.54) is 11.1 Å². The molecule has 0 unspecified atom stereocenters. The van der Waals surface area contributed by atoms with Gasteiger partial charge in [0, 0.05) is 23.2 Å². The van der Waals surface area contributed by atoms with E-state index < -0.39 is 0 Å². The minimum absolute atomic E-state index is 0.0541. The lowest BCUT2D eigenvalue weighted by Gasteiger charge is -2.15. The van der Waals surface area contributed by atoms with Crippen LogP contribution in [0.4, 0.5) is 0 Å². The molecule has 0 saturated carbocycles. The molecule has 4 nitrogen and oxygen atoms in total. The number of amides is 1. The molecule has 1 aliphatic heterocycles. The molecular weight excluding hydrogens is 298 g/mol. The number of fused-ring (bicyclic) bond motifs is 3. The number of aromatic nitrogens is 2. The first-order chi connectivity index (χ1) is 11.8. The van der Waals surface area contributed by atoms with Crippen LogP contribution in [0.5, 0.6) is 0 Å². The number of carbonyl (C=O) groups excluding carboxylic acids is 1. The lowest BCUT2D eigenvalue weighted by atomic mass is 10.0. The molecule has 0 radical (unpaired) electrons. The summed E-state index contributed by atoms with van der Waals surface area (Å²) in [5.41, 5.74) is 4.73. The zero-order chi connectivity index (χ0) is 16.5. The van der Waals surface area contributed by atoms with Gasteiger partial charge in [-0.3, -0.25) is 4.79 Å². The van der Waals surface area contributed by atoms with Crippen molar-refractivity contribution in [3.63, 3.8) is 0 Å². The number of hydrogen-bond acceptors (Lipinski definition) is 2. The molecule has 0 saturated heterocycles. The maximum atomic E-state index is 12.4. The maximum absolute atomic E-state index is 12.4. The Bertz CT molecular complexity index is 965. The van der Waals surface area contributed by atoms with Crippen LogP contribution in [0.2, 0.25) is 0 Å². The van der Waals surface area contributed by atoms with Crippen molar-refractivity contribution in [2.24, 2.45) is 0 Å². The minimum Gasteiger partial charge on any atom is -0.350 e. The zero-order valence-corrected chi connectivity index (χ0v) is 12.9. The van der Waals surface area contributed by atoms with Crippen LogP contribution in [-0.2, 0) is 0 Å². The summed E-state index contributed by atoms with van der Waals surface area (Å²) >= 11 is 0. The molecule has 0 fully saturated rings. The highest BCUT2D eigenvalue weighted by atomic mass is 16.1. The molecule has 0 aliphatic carbocycles. The third-order valence-corrected chi connectivity index (χ3v) is 4.34. The Labute approximate surface area is 140 Å². The van der Waals surface area contributed by atoms with Crippen LogP contribution in [0, 0.1) is 12.3 Å². The van der Waals surface area contributed by atoms with Crippen LogP contribution in [0.25, 0.3) is 11.3 Å². The number of nitrogens with one attached hydrogen (secondary N) is 1. The van der Waals surface area contributed by atoms with Gasteiger partial charge in [0.25, 0.3) is 5.91 Å². The number of nitrogens with zero attached hydrogens (tertiary/aromatic N) is 2. The van der Waals surface area contributed by atoms with Gasteiger partial charge in [0.1, 0.15) is 0 Å². The van der Waals surface area contributed by atoms with E-state index in [0.29, 0.717) is 17.7 Å². The number of carbonyl (C=O) groups is 1. The van der Waals surface area contributed by atoms with Gasteiger partial charge in [-0.05, 0) is 23.8 Å². The van der Waals surface area contributed by atoms with Crippen LogP contribution in [0.1, 0.15) is 27.5 Å². The SMILES string of the molecule is C#Cc1cccc(C(=O)NC[C@@H]2c3ccccc3-c3cncn32)c1. The van der Waals surface area contributed by atoms with Gasteiger partial charge in [0.05, 0.1) is 24.3 Å². The van der Waals surface area contributed by atoms with Crippen molar-refractivity contribution in [1.82, 2.24) is 14.9 Å². The highest BCUT2D eigenvalue weighted by Gasteiger charge is 2.28. The first-order valence-electron chi connectivity index (χ1n) is 7.74. The normalized spacial score (nSPS) is 14.5. The zero-order valence-electron chi connectivity index (χ0n) is 12.9. The van der Waals surface area contributed by atoms with E-state index in [2.05, 4.69) is 32.9 Å². The predicted octanol–water partition coefficient (Wildman–Crippen LogP) is 2.86. The second-order valence-electron chi connectivity index (χ2n) is 5.72. The van der Waals surface area contributed by atoms with Gasteiger partial charge < -0.3 is 9.88 Å². The molecule has 0 bridgehead atoms.